The van der Waals surface area contributed by atoms with Gasteiger partial charge in [-0.25, -0.2) is 9.82 Å². The monoisotopic (exact) mass is 429 g/mol. The van der Waals surface area contributed by atoms with Crippen molar-refractivity contribution in [2.24, 2.45) is 5.10 Å². The predicted molar refractivity (Wildman–Crippen MR) is 115 cm³/mol. The highest BCUT2D eigenvalue weighted by atomic mass is 35.5. The largest absolute Gasteiger partial charge is 0.497 e. The first-order valence-electron chi connectivity index (χ1n) is 9.05. The van der Waals surface area contributed by atoms with Gasteiger partial charge in [0.15, 0.2) is 0 Å². The summed E-state index contributed by atoms with van der Waals surface area (Å²) in [4.78, 5) is 12.4. The van der Waals surface area contributed by atoms with Crippen LogP contribution in [0.4, 0.5) is 4.39 Å². The van der Waals surface area contributed by atoms with E-state index in [1.165, 1.54) is 20.3 Å². The minimum atomic E-state index is -0.471. The second kappa shape index (κ2) is 9.00. The van der Waals surface area contributed by atoms with Crippen LogP contribution in [-0.2, 0) is 0 Å². The number of nitrogens with one attached hydrogen (secondary N) is 1. The molecule has 8 heteroatoms. The molecule has 1 amide bonds. The molecule has 0 aliphatic carbocycles. The molecule has 0 radical (unpaired) electrons. The zero-order chi connectivity index (χ0) is 21.8. The van der Waals surface area contributed by atoms with Gasteiger partial charge >= 0.3 is 0 Å². The number of halogens is 2. The van der Waals surface area contributed by atoms with Crippen molar-refractivity contribution in [3.05, 3.63) is 75.8 Å². The van der Waals surface area contributed by atoms with Crippen LogP contribution in [0.25, 0.3) is 5.69 Å². The van der Waals surface area contributed by atoms with Gasteiger partial charge in [0.2, 0.25) is 0 Å². The molecule has 0 saturated heterocycles. The van der Waals surface area contributed by atoms with E-state index in [1.54, 1.807) is 36.5 Å². The lowest BCUT2D eigenvalue weighted by atomic mass is 10.2. The minimum Gasteiger partial charge on any atom is -0.497 e. The van der Waals surface area contributed by atoms with Crippen LogP contribution >= 0.6 is 11.6 Å². The lowest BCUT2D eigenvalue weighted by Gasteiger charge is -2.10. The van der Waals surface area contributed by atoms with E-state index < -0.39 is 11.7 Å². The molecule has 30 heavy (non-hydrogen) atoms. The highest BCUT2D eigenvalue weighted by molar-refractivity contribution is 6.30. The van der Waals surface area contributed by atoms with Crippen LogP contribution < -0.4 is 14.9 Å². The third-order valence-electron chi connectivity index (χ3n) is 4.62. The lowest BCUT2D eigenvalue weighted by molar-refractivity contribution is 0.0954. The summed E-state index contributed by atoms with van der Waals surface area (Å²) in [5, 5.41) is 4.12. The molecule has 156 valence electrons. The van der Waals surface area contributed by atoms with Crippen molar-refractivity contribution < 1.29 is 18.7 Å². The quantitative estimate of drug-likeness (QED) is 0.457. The number of methoxy groups -OCH3 is 2. The van der Waals surface area contributed by atoms with Gasteiger partial charge in [0.1, 0.15) is 17.3 Å². The maximum absolute atomic E-state index is 13.5. The average molecular weight is 430 g/mol. The number of amides is 1. The number of hydrogen-bond acceptors (Lipinski definition) is 4. The molecule has 3 aromatic rings. The van der Waals surface area contributed by atoms with Crippen LogP contribution in [0.2, 0.25) is 5.02 Å². The van der Waals surface area contributed by atoms with Crippen molar-refractivity contribution in [2.45, 2.75) is 13.8 Å². The van der Waals surface area contributed by atoms with Gasteiger partial charge in [0, 0.05) is 34.3 Å². The average Bonchev–Trinajstić information content (AvgIpc) is 3.02. The molecule has 1 N–H and O–H groups in total. The number of rotatable bonds is 6. The van der Waals surface area contributed by atoms with E-state index >= 15 is 0 Å². The topological polar surface area (TPSA) is 64.8 Å². The van der Waals surface area contributed by atoms with Gasteiger partial charge in [0.05, 0.1) is 25.5 Å². The standard InChI is InChI=1S/C22H21ClFN3O3/c1-13-7-16(14(2)27(13)17-5-6-21(24)20(23)10-17)12-25-26-22(28)15-8-18(29-3)11-19(9-15)30-4/h5-12H,1-4H3,(H,26,28). The third-order valence-corrected chi connectivity index (χ3v) is 4.90. The van der Waals surface area contributed by atoms with Crippen LogP contribution in [0, 0.1) is 19.7 Å². The molecule has 0 saturated carbocycles. The van der Waals surface area contributed by atoms with Crippen molar-refractivity contribution in [1.29, 1.82) is 0 Å². The van der Waals surface area contributed by atoms with E-state index in [4.69, 9.17) is 21.1 Å². The molecule has 6 nitrogen and oxygen atoms in total. The van der Waals surface area contributed by atoms with Crippen molar-refractivity contribution in [2.75, 3.05) is 14.2 Å². The molecule has 1 heterocycles. The fourth-order valence-electron chi connectivity index (χ4n) is 3.10. The van der Waals surface area contributed by atoms with Crippen LogP contribution in [0.15, 0.2) is 47.6 Å². The smallest absolute Gasteiger partial charge is 0.271 e. The SMILES string of the molecule is COc1cc(OC)cc(C(=O)NN=Cc2cc(C)n(-c3ccc(F)c(Cl)c3)c2C)c1. The molecule has 0 aliphatic heterocycles. The van der Waals surface area contributed by atoms with Gasteiger partial charge in [-0.2, -0.15) is 5.10 Å². The van der Waals surface area contributed by atoms with Crippen molar-refractivity contribution >= 4 is 23.7 Å². The Kier molecular flexibility index (Phi) is 6.42. The molecule has 0 spiro atoms. The maximum Gasteiger partial charge on any atom is 0.271 e. The maximum atomic E-state index is 13.5. The number of aryl methyl sites for hydroxylation is 1. The van der Waals surface area contributed by atoms with Crippen molar-refractivity contribution in [3.63, 3.8) is 0 Å². The van der Waals surface area contributed by atoms with Crippen LogP contribution in [0.1, 0.15) is 27.3 Å². The van der Waals surface area contributed by atoms with Gasteiger partial charge in [-0.15, -0.1) is 0 Å². The molecule has 1 aromatic heterocycles. The van der Waals surface area contributed by atoms with Gasteiger partial charge in [-0.05, 0) is 50.2 Å². The normalized spacial score (nSPS) is 11.0. The summed E-state index contributed by atoms with van der Waals surface area (Å²) in [5.41, 5.74) is 6.19. The third kappa shape index (κ3) is 4.46. The van der Waals surface area contributed by atoms with Gasteiger partial charge in [-0.1, -0.05) is 11.6 Å². The Morgan fingerprint density at radius 2 is 1.77 bits per heavy atom. The number of carbonyl (C=O) groups excluding carboxylic acids is 1. The molecule has 0 bridgehead atoms. The van der Waals surface area contributed by atoms with E-state index in [9.17, 15) is 9.18 Å². The second-order valence-corrected chi connectivity index (χ2v) is 6.97. The molecule has 0 fully saturated rings. The number of hydrogen-bond donors (Lipinski definition) is 1. The number of hydrazone groups is 1. The van der Waals surface area contributed by atoms with E-state index in [2.05, 4.69) is 10.5 Å². The summed E-state index contributed by atoms with van der Waals surface area (Å²) < 4.78 is 25.8. The molecule has 2 aromatic carbocycles. The Hall–Kier alpha value is -3.32. The number of carbonyl (C=O) groups is 1. The van der Waals surface area contributed by atoms with Crippen molar-refractivity contribution in [1.82, 2.24) is 9.99 Å². The van der Waals surface area contributed by atoms with Crippen molar-refractivity contribution in [3.8, 4) is 17.2 Å². The minimum absolute atomic E-state index is 0.0520. The zero-order valence-electron chi connectivity index (χ0n) is 17.0. The number of aromatic nitrogens is 1. The van der Waals surface area contributed by atoms with E-state index in [-0.39, 0.29) is 5.02 Å². The molecular formula is C22H21ClFN3O3. The lowest BCUT2D eigenvalue weighted by Crippen LogP contribution is -2.17. The number of ether oxygens (including phenoxy) is 2. The molecule has 0 aliphatic rings. The van der Waals surface area contributed by atoms with Gasteiger partial charge in [0.25, 0.3) is 5.91 Å². The second-order valence-electron chi connectivity index (χ2n) is 6.56. The fourth-order valence-corrected chi connectivity index (χ4v) is 3.28. The summed E-state index contributed by atoms with van der Waals surface area (Å²) in [7, 11) is 3.03. The number of nitrogens with zero attached hydrogens (tertiary/aromatic N) is 2. The summed E-state index contributed by atoms with van der Waals surface area (Å²) in [6, 6.07) is 11.3. The Morgan fingerprint density at radius 3 is 2.37 bits per heavy atom. The Bertz CT molecular complexity index is 1100. The van der Waals surface area contributed by atoms with E-state index in [0.717, 1.165) is 22.6 Å². The highest BCUT2D eigenvalue weighted by Crippen LogP contribution is 2.24. The molecule has 0 unspecified atom stereocenters. The first kappa shape index (κ1) is 21.4. The first-order chi connectivity index (χ1) is 14.3. The summed E-state index contributed by atoms with van der Waals surface area (Å²) in [6.07, 6.45) is 1.55. The Labute approximate surface area is 178 Å². The summed E-state index contributed by atoms with van der Waals surface area (Å²) in [6.45, 7) is 3.82. The highest BCUT2D eigenvalue weighted by Gasteiger charge is 2.12. The molecular weight excluding hydrogens is 409 g/mol. The molecule has 3 rings (SSSR count). The Balaban J connectivity index is 1.80. The number of benzene rings is 2. The summed E-state index contributed by atoms with van der Waals surface area (Å²) in [5.74, 6) is 0.138. The fraction of sp³-hybridized carbons (Fsp3) is 0.182. The van der Waals surface area contributed by atoms with Crippen LogP contribution in [0.3, 0.4) is 0 Å². The van der Waals surface area contributed by atoms with Gasteiger partial charge < -0.3 is 14.0 Å². The van der Waals surface area contributed by atoms with Crippen LogP contribution in [-0.4, -0.2) is 30.9 Å². The molecule has 0 atom stereocenters. The first-order valence-corrected chi connectivity index (χ1v) is 9.42. The zero-order valence-corrected chi connectivity index (χ0v) is 17.7. The van der Waals surface area contributed by atoms with Gasteiger partial charge in [-0.3, -0.25) is 4.79 Å². The Morgan fingerprint density at radius 1 is 1.10 bits per heavy atom. The van der Waals surface area contributed by atoms with E-state index in [0.29, 0.717) is 17.1 Å². The predicted octanol–water partition coefficient (Wildman–Crippen LogP) is 4.67. The summed E-state index contributed by atoms with van der Waals surface area (Å²) >= 11 is 5.92. The van der Waals surface area contributed by atoms with E-state index in [1.807, 2.05) is 24.5 Å². The van der Waals surface area contributed by atoms with Crippen LogP contribution in [0.5, 0.6) is 11.5 Å².